The van der Waals surface area contributed by atoms with Gasteiger partial charge in [0.2, 0.25) is 10.0 Å². The minimum atomic E-state index is -3.16. The van der Waals surface area contributed by atoms with E-state index in [1.54, 1.807) is 29.2 Å². The van der Waals surface area contributed by atoms with Crippen molar-refractivity contribution in [3.05, 3.63) is 65.7 Å². The molecule has 2 aliphatic heterocycles. The Balaban J connectivity index is 1.47. The van der Waals surface area contributed by atoms with Crippen LogP contribution in [0, 0.1) is 0 Å². The standard InChI is InChI=1S/C20H20N2O3S/c23-20(21-14-12-17-4-1-2-5-19(17)21)11-8-16-6-9-18(10-7-16)22-13-3-15-26(22,24)25/h1-2,4-11H,3,12-15H2/b11-8+. The highest BCUT2D eigenvalue weighted by Crippen LogP contribution is 2.28. The van der Waals surface area contributed by atoms with Crippen molar-refractivity contribution in [1.82, 2.24) is 0 Å². The van der Waals surface area contributed by atoms with Crippen LogP contribution >= 0.6 is 0 Å². The summed E-state index contributed by atoms with van der Waals surface area (Å²) in [5.41, 5.74) is 3.73. The van der Waals surface area contributed by atoms with E-state index >= 15 is 0 Å². The first-order valence-corrected chi connectivity index (χ1v) is 10.3. The van der Waals surface area contributed by atoms with E-state index in [4.69, 9.17) is 0 Å². The van der Waals surface area contributed by atoms with Gasteiger partial charge in [0.25, 0.3) is 5.91 Å². The van der Waals surface area contributed by atoms with E-state index in [-0.39, 0.29) is 11.7 Å². The predicted octanol–water partition coefficient (Wildman–Crippen LogP) is 2.83. The Hall–Kier alpha value is -2.60. The second-order valence-electron chi connectivity index (χ2n) is 6.54. The van der Waals surface area contributed by atoms with Crippen molar-refractivity contribution >= 4 is 33.4 Å². The lowest BCUT2D eigenvalue weighted by molar-refractivity contribution is -0.114. The topological polar surface area (TPSA) is 57.7 Å². The summed E-state index contributed by atoms with van der Waals surface area (Å²) in [6.45, 7) is 1.23. The number of rotatable bonds is 3. The van der Waals surface area contributed by atoms with E-state index in [0.29, 0.717) is 25.2 Å². The maximum absolute atomic E-state index is 12.5. The van der Waals surface area contributed by atoms with Crippen molar-refractivity contribution in [2.75, 3.05) is 28.0 Å². The van der Waals surface area contributed by atoms with Crippen LogP contribution in [0.4, 0.5) is 11.4 Å². The van der Waals surface area contributed by atoms with Gasteiger partial charge in [0.1, 0.15) is 0 Å². The molecule has 0 unspecified atom stereocenters. The lowest BCUT2D eigenvalue weighted by Gasteiger charge is -2.17. The van der Waals surface area contributed by atoms with Crippen LogP contribution in [0.2, 0.25) is 0 Å². The molecule has 2 aliphatic rings. The van der Waals surface area contributed by atoms with Crippen LogP contribution in [-0.4, -0.2) is 33.2 Å². The highest BCUT2D eigenvalue weighted by molar-refractivity contribution is 7.93. The predicted molar refractivity (Wildman–Crippen MR) is 104 cm³/mol. The summed E-state index contributed by atoms with van der Waals surface area (Å²) in [6, 6.07) is 15.2. The van der Waals surface area contributed by atoms with E-state index in [1.165, 1.54) is 9.87 Å². The molecule has 2 aromatic rings. The number of carbonyl (C=O) groups is 1. The minimum absolute atomic E-state index is 0.0406. The summed E-state index contributed by atoms with van der Waals surface area (Å²) >= 11 is 0. The molecule has 0 bridgehead atoms. The Labute approximate surface area is 153 Å². The molecule has 1 fully saturated rings. The third kappa shape index (κ3) is 3.12. The molecule has 4 rings (SSSR count). The number of nitrogens with zero attached hydrogens (tertiary/aromatic N) is 2. The number of sulfonamides is 1. The number of fused-ring (bicyclic) bond motifs is 1. The smallest absolute Gasteiger partial charge is 0.251 e. The van der Waals surface area contributed by atoms with Gasteiger partial charge in [0, 0.05) is 24.9 Å². The number of hydrogen-bond acceptors (Lipinski definition) is 3. The highest BCUT2D eigenvalue weighted by Gasteiger charge is 2.28. The van der Waals surface area contributed by atoms with Crippen LogP contribution in [0.15, 0.2) is 54.6 Å². The number of anilines is 2. The second-order valence-corrected chi connectivity index (χ2v) is 8.55. The summed E-state index contributed by atoms with van der Waals surface area (Å²) in [7, 11) is -3.16. The van der Waals surface area contributed by atoms with Gasteiger partial charge in [-0.05, 0) is 48.2 Å². The lowest BCUT2D eigenvalue weighted by Crippen LogP contribution is -2.26. The van der Waals surface area contributed by atoms with Crippen LogP contribution in [0.3, 0.4) is 0 Å². The monoisotopic (exact) mass is 368 g/mol. The second kappa shape index (κ2) is 6.61. The van der Waals surface area contributed by atoms with Gasteiger partial charge in [-0.15, -0.1) is 0 Å². The van der Waals surface area contributed by atoms with Gasteiger partial charge in [-0.1, -0.05) is 30.3 Å². The Kier molecular flexibility index (Phi) is 4.28. The van der Waals surface area contributed by atoms with Gasteiger partial charge in [-0.25, -0.2) is 8.42 Å². The molecule has 0 aliphatic carbocycles. The zero-order valence-corrected chi connectivity index (χ0v) is 15.2. The molecule has 0 spiro atoms. The largest absolute Gasteiger partial charge is 0.308 e. The van der Waals surface area contributed by atoms with Crippen molar-refractivity contribution in [2.24, 2.45) is 0 Å². The van der Waals surface area contributed by atoms with Gasteiger partial charge in [-0.2, -0.15) is 0 Å². The van der Waals surface area contributed by atoms with Crippen molar-refractivity contribution < 1.29 is 13.2 Å². The number of para-hydroxylation sites is 1. The molecule has 0 atom stereocenters. The molecule has 1 amide bonds. The Morgan fingerprint density at radius 3 is 2.50 bits per heavy atom. The normalized spacial score (nSPS) is 18.5. The van der Waals surface area contributed by atoms with Crippen molar-refractivity contribution in [3.63, 3.8) is 0 Å². The van der Waals surface area contributed by atoms with E-state index in [9.17, 15) is 13.2 Å². The average Bonchev–Trinajstić information content (AvgIpc) is 3.23. The van der Waals surface area contributed by atoms with Gasteiger partial charge in [-0.3, -0.25) is 9.10 Å². The van der Waals surface area contributed by atoms with Crippen LogP contribution < -0.4 is 9.21 Å². The molecule has 0 saturated carbocycles. The molecule has 0 radical (unpaired) electrons. The molecular formula is C20H20N2O3S. The number of amides is 1. The summed E-state index contributed by atoms with van der Waals surface area (Å²) in [6.07, 6.45) is 4.89. The fourth-order valence-electron chi connectivity index (χ4n) is 3.51. The zero-order valence-electron chi connectivity index (χ0n) is 14.3. The van der Waals surface area contributed by atoms with Gasteiger partial charge < -0.3 is 4.90 Å². The summed E-state index contributed by atoms with van der Waals surface area (Å²) in [4.78, 5) is 14.3. The Bertz CT molecular complexity index is 965. The molecule has 26 heavy (non-hydrogen) atoms. The number of carbonyl (C=O) groups excluding carboxylic acids is 1. The van der Waals surface area contributed by atoms with Crippen LogP contribution in [0.5, 0.6) is 0 Å². The Morgan fingerprint density at radius 2 is 1.77 bits per heavy atom. The highest BCUT2D eigenvalue weighted by atomic mass is 32.2. The average molecular weight is 368 g/mol. The third-order valence-corrected chi connectivity index (χ3v) is 6.72. The fourth-order valence-corrected chi connectivity index (χ4v) is 5.07. The molecule has 6 heteroatoms. The van der Waals surface area contributed by atoms with Crippen molar-refractivity contribution in [1.29, 1.82) is 0 Å². The van der Waals surface area contributed by atoms with Crippen LogP contribution in [0.1, 0.15) is 17.5 Å². The molecular weight excluding hydrogens is 348 g/mol. The van der Waals surface area contributed by atoms with E-state index < -0.39 is 10.0 Å². The summed E-state index contributed by atoms with van der Waals surface area (Å²) in [5.74, 6) is 0.168. The van der Waals surface area contributed by atoms with Crippen molar-refractivity contribution in [3.8, 4) is 0 Å². The van der Waals surface area contributed by atoms with E-state index in [2.05, 4.69) is 6.07 Å². The van der Waals surface area contributed by atoms with Gasteiger partial charge in [0.05, 0.1) is 11.4 Å². The molecule has 134 valence electrons. The molecule has 0 N–H and O–H groups in total. The van der Waals surface area contributed by atoms with Gasteiger partial charge >= 0.3 is 0 Å². The minimum Gasteiger partial charge on any atom is -0.308 e. The molecule has 1 saturated heterocycles. The van der Waals surface area contributed by atoms with Crippen LogP contribution in [-0.2, 0) is 21.2 Å². The zero-order chi connectivity index (χ0) is 18.1. The fraction of sp³-hybridized carbons (Fsp3) is 0.250. The maximum atomic E-state index is 12.5. The van der Waals surface area contributed by atoms with Gasteiger partial charge in [0.15, 0.2) is 0 Å². The first kappa shape index (κ1) is 16.8. The molecule has 5 nitrogen and oxygen atoms in total. The first-order valence-electron chi connectivity index (χ1n) is 8.72. The summed E-state index contributed by atoms with van der Waals surface area (Å²) < 4.78 is 25.4. The molecule has 2 aromatic carbocycles. The van der Waals surface area contributed by atoms with E-state index in [0.717, 1.165) is 17.7 Å². The quantitative estimate of drug-likeness (QED) is 0.783. The SMILES string of the molecule is O=C(/C=C/c1ccc(N2CCCS2(=O)=O)cc1)N1CCc2ccccc21. The number of benzene rings is 2. The third-order valence-electron chi connectivity index (χ3n) is 4.85. The van der Waals surface area contributed by atoms with E-state index in [1.807, 2.05) is 30.3 Å². The first-order chi connectivity index (χ1) is 12.5. The van der Waals surface area contributed by atoms with Crippen LogP contribution in [0.25, 0.3) is 6.08 Å². The maximum Gasteiger partial charge on any atom is 0.251 e. The lowest BCUT2D eigenvalue weighted by atomic mass is 10.1. The summed E-state index contributed by atoms with van der Waals surface area (Å²) in [5, 5.41) is 0. The van der Waals surface area contributed by atoms with Crippen molar-refractivity contribution in [2.45, 2.75) is 12.8 Å². The molecule has 0 aromatic heterocycles. The Morgan fingerprint density at radius 1 is 1.00 bits per heavy atom. The number of hydrogen-bond donors (Lipinski definition) is 0. The molecule has 2 heterocycles.